The van der Waals surface area contributed by atoms with Gasteiger partial charge in [-0.2, -0.15) is 0 Å². The average Bonchev–Trinajstić information content (AvgIpc) is 2.87. The SMILES string of the molecule is CCNC(Cc1cc(F)cc(F)c1)C1(OC)CCCC1. The number of ether oxygens (including phenoxy) is 1. The summed E-state index contributed by atoms with van der Waals surface area (Å²) in [6.45, 7) is 2.85. The van der Waals surface area contributed by atoms with Crippen LogP contribution in [0.3, 0.4) is 0 Å². The first kappa shape index (κ1) is 15.4. The van der Waals surface area contributed by atoms with E-state index in [1.54, 1.807) is 7.11 Å². The minimum atomic E-state index is -0.520. The molecule has 1 unspecified atom stereocenters. The second-order valence-electron chi connectivity index (χ2n) is 5.57. The lowest BCUT2D eigenvalue weighted by molar-refractivity contribution is -0.0351. The summed E-state index contributed by atoms with van der Waals surface area (Å²) in [5.41, 5.74) is 0.468. The molecule has 1 atom stereocenters. The number of likely N-dealkylation sites (N-methyl/N-ethyl adjacent to an activating group) is 1. The largest absolute Gasteiger partial charge is 0.377 e. The van der Waals surface area contributed by atoms with Crippen molar-refractivity contribution in [3.05, 3.63) is 35.4 Å². The number of methoxy groups -OCH3 is 1. The summed E-state index contributed by atoms with van der Waals surface area (Å²) in [5.74, 6) is -1.04. The summed E-state index contributed by atoms with van der Waals surface area (Å²) in [4.78, 5) is 0. The molecule has 112 valence electrons. The van der Waals surface area contributed by atoms with Gasteiger partial charge in [-0.15, -0.1) is 0 Å². The Morgan fingerprint density at radius 2 is 1.80 bits per heavy atom. The van der Waals surface area contributed by atoms with Gasteiger partial charge in [-0.3, -0.25) is 0 Å². The highest BCUT2D eigenvalue weighted by Crippen LogP contribution is 2.37. The summed E-state index contributed by atoms with van der Waals surface area (Å²) in [7, 11) is 1.74. The third kappa shape index (κ3) is 3.36. The van der Waals surface area contributed by atoms with E-state index in [0.717, 1.165) is 38.3 Å². The fourth-order valence-corrected chi connectivity index (χ4v) is 3.32. The maximum atomic E-state index is 13.3. The molecule has 4 heteroatoms. The van der Waals surface area contributed by atoms with Crippen LogP contribution in [0.1, 0.15) is 38.2 Å². The number of rotatable bonds is 6. The lowest BCUT2D eigenvalue weighted by atomic mass is 9.87. The van der Waals surface area contributed by atoms with E-state index < -0.39 is 11.6 Å². The molecule has 1 aliphatic carbocycles. The van der Waals surface area contributed by atoms with E-state index in [9.17, 15) is 8.78 Å². The van der Waals surface area contributed by atoms with Crippen molar-refractivity contribution in [3.8, 4) is 0 Å². The van der Waals surface area contributed by atoms with Crippen LogP contribution in [0, 0.1) is 11.6 Å². The molecule has 0 aliphatic heterocycles. The standard InChI is InChI=1S/C16H23F2NO/c1-3-19-15(16(20-2)6-4-5-7-16)10-12-8-13(17)11-14(18)9-12/h8-9,11,15,19H,3-7,10H2,1-2H3. The molecule has 1 aromatic rings. The monoisotopic (exact) mass is 283 g/mol. The highest BCUT2D eigenvalue weighted by molar-refractivity contribution is 5.20. The van der Waals surface area contributed by atoms with E-state index in [1.807, 2.05) is 6.92 Å². The fraction of sp³-hybridized carbons (Fsp3) is 0.625. The molecule has 0 amide bonds. The molecular weight excluding hydrogens is 260 g/mol. The Hall–Kier alpha value is -1.00. The normalized spacial score (nSPS) is 19.2. The highest BCUT2D eigenvalue weighted by Gasteiger charge is 2.41. The van der Waals surface area contributed by atoms with Crippen molar-refractivity contribution in [1.82, 2.24) is 5.32 Å². The second kappa shape index (κ2) is 6.64. The van der Waals surface area contributed by atoms with Gasteiger partial charge in [0.2, 0.25) is 0 Å². The maximum Gasteiger partial charge on any atom is 0.126 e. The van der Waals surface area contributed by atoms with Gasteiger partial charge in [0.1, 0.15) is 11.6 Å². The molecule has 2 rings (SSSR count). The van der Waals surface area contributed by atoms with Gasteiger partial charge in [0.15, 0.2) is 0 Å². The number of hydrogen-bond acceptors (Lipinski definition) is 2. The molecule has 0 radical (unpaired) electrons. The zero-order chi connectivity index (χ0) is 14.6. The van der Waals surface area contributed by atoms with Crippen molar-refractivity contribution in [2.24, 2.45) is 0 Å². The zero-order valence-corrected chi connectivity index (χ0v) is 12.2. The Bertz CT molecular complexity index is 424. The van der Waals surface area contributed by atoms with Gasteiger partial charge in [-0.25, -0.2) is 8.78 Å². The minimum Gasteiger partial charge on any atom is -0.377 e. The van der Waals surface area contributed by atoms with Crippen LogP contribution in [0.2, 0.25) is 0 Å². The van der Waals surface area contributed by atoms with Gasteiger partial charge in [-0.1, -0.05) is 19.8 Å². The molecule has 1 fully saturated rings. The molecule has 0 aromatic heterocycles. The van der Waals surface area contributed by atoms with Gasteiger partial charge >= 0.3 is 0 Å². The Morgan fingerprint density at radius 1 is 1.20 bits per heavy atom. The third-order valence-electron chi connectivity index (χ3n) is 4.30. The molecule has 1 aliphatic rings. The van der Waals surface area contributed by atoms with Gasteiger partial charge in [0.25, 0.3) is 0 Å². The van der Waals surface area contributed by atoms with Crippen molar-refractivity contribution in [1.29, 1.82) is 0 Å². The molecule has 1 N–H and O–H groups in total. The van der Waals surface area contributed by atoms with Crippen molar-refractivity contribution in [2.75, 3.05) is 13.7 Å². The van der Waals surface area contributed by atoms with E-state index >= 15 is 0 Å². The Balaban J connectivity index is 2.20. The molecule has 1 aromatic carbocycles. The van der Waals surface area contributed by atoms with Crippen LogP contribution in [-0.4, -0.2) is 25.3 Å². The zero-order valence-electron chi connectivity index (χ0n) is 12.2. The van der Waals surface area contributed by atoms with Gasteiger partial charge < -0.3 is 10.1 Å². The van der Waals surface area contributed by atoms with Crippen LogP contribution in [0.5, 0.6) is 0 Å². The van der Waals surface area contributed by atoms with Crippen LogP contribution in [0.25, 0.3) is 0 Å². The third-order valence-corrected chi connectivity index (χ3v) is 4.30. The molecule has 0 heterocycles. The quantitative estimate of drug-likeness (QED) is 0.863. The summed E-state index contributed by atoms with van der Waals surface area (Å²) < 4.78 is 32.5. The molecule has 20 heavy (non-hydrogen) atoms. The predicted octanol–water partition coefficient (Wildman–Crippen LogP) is 3.44. The van der Waals surface area contributed by atoms with Crippen LogP contribution in [0.4, 0.5) is 8.78 Å². The lowest BCUT2D eigenvalue weighted by Gasteiger charge is -2.37. The maximum absolute atomic E-state index is 13.3. The Kier molecular flexibility index (Phi) is 5.11. The molecule has 0 bridgehead atoms. The smallest absolute Gasteiger partial charge is 0.126 e. The first-order valence-electron chi connectivity index (χ1n) is 7.33. The first-order chi connectivity index (χ1) is 9.59. The fourth-order valence-electron chi connectivity index (χ4n) is 3.32. The van der Waals surface area contributed by atoms with Crippen LogP contribution < -0.4 is 5.32 Å². The van der Waals surface area contributed by atoms with Gasteiger partial charge in [0, 0.05) is 19.2 Å². The Morgan fingerprint density at radius 3 is 2.30 bits per heavy atom. The van der Waals surface area contributed by atoms with E-state index in [4.69, 9.17) is 4.74 Å². The lowest BCUT2D eigenvalue weighted by Crippen LogP contribution is -2.51. The predicted molar refractivity (Wildman–Crippen MR) is 75.7 cm³/mol. The summed E-state index contributed by atoms with van der Waals surface area (Å²) in [6, 6.07) is 3.81. The minimum absolute atomic E-state index is 0.0844. The number of hydrogen-bond donors (Lipinski definition) is 1. The van der Waals surface area contributed by atoms with Crippen molar-refractivity contribution < 1.29 is 13.5 Å². The van der Waals surface area contributed by atoms with Crippen LogP contribution >= 0.6 is 0 Å². The molecule has 0 spiro atoms. The topological polar surface area (TPSA) is 21.3 Å². The van der Waals surface area contributed by atoms with Crippen molar-refractivity contribution in [2.45, 2.75) is 50.7 Å². The number of halogens is 2. The molecular formula is C16H23F2NO. The highest BCUT2D eigenvalue weighted by atomic mass is 19.1. The van der Waals surface area contributed by atoms with E-state index in [0.29, 0.717) is 12.0 Å². The molecule has 2 nitrogen and oxygen atoms in total. The van der Waals surface area contributed by atoms with Crippen molar-refractivity contribution in [3.63, 3.8) is 0 Å². The van der Waals surface area contributed by atoms with E-state index in [1.165, 1.54) is 12.1 Å². The van der Waals surface area contributed by atoms with Crippen LogP contribution in [0.15, 0.2) is 18.2 Å². The first-order valence-corrected chi connectivity index (χ1v) is 7.33. The number of benzene rings is 1. The summed E-state index contributed by atoms with van der Waals surface area (Å²) >= 11 is 0. The van der Waals surface area contributed by atoms with Gasteiger partial charge in [0.05, 0.1) is 5.60 Å². The summed E-state index contributed by atoms with van der Waals surface area (Å²) in [5, 5.41) is 3.43. The van der Waals surface area contributed by atoms with E-state index in [-0.39, 0.29) is 11.6 Å². The van der Waals surface area contributed by atoms with Crippen molar-refractivity contribution >= 4 is 0 Å². The molecule has 0 saturated heterocycles. The molecule has 1 saturated carbocycles. The van der Waals surface area contributed by atoms with E-state index in [2.05, 4.69) is 5.32 Å². The van der Waals surface area contributed by atoms with Gasteiger partial charge in [-0.05, 0) is 43.5 Å². The summed E-state index contributed by atoms with van der Waals surface area (Å²) in [6.07, 6.45) is 4.87. The average molecular weight is 283 g/mol. The number of nitrogens with one attached hydrogen (secondary N) is 1. The second-order valence-corrected chi connectivity index (χ2v) is 5.57. The Labute approximate surface area is 119 Å². The van der Waals surface area contributed by atoms with Crippen LogP contribution in [-0.2, 0) is 11.2 Å².